The Kier molecular flexibility index (Phi) is 3.27. The van der Waals surface area contributed by atoms with Crippen molar-refractivity contribution in [2.24, 2.45) is 0 Å². The van der Waals surface area contributed by atoms with E-state index >= 15 is 0 Å². The molecule has 2 aromatic rings. The van der Waals surface area contributed by atoms with E-state index in [0.29, 0.717) is 6.42 Å². The molecule has 2 aromatic carbocycles. The van der Waals surface area contributed by atoms with Crippen LogP contribution >= 0.6 is 0 Å². The number of aliphatic hydroxyl groups is 2. The Morgan fingerprint density at radius 3 is 2.84 bits per heavy atom. The Balaban J connectivity index is 1.96. The zero-order valence-electron chi connectivity index (χ0n) is 10.9. The second-order valence-electron chi connectivity index (χ2n) is 5.20. The van der Waals surface area contributed by atoms with Gasteiger partial charge in [-0.05, 0) is 34.9 Å². The van der Waals surface area contributed by atoms with Crippen LogP contribution in [0.4, 0.5) is 0 Å². The average molecular weight is 258 g/mol. The van der Waals surface area contributed by atoms with E-state index in [1.807, 2.05) is 6.07 Å². The summed E-state index contributed by atoms with van der Waals surface area (Å²) in [4.78, 5) is 0. The van der Waals surface area contributed by atoms with Crippen LogP contribution in [0.2, 0.25) is 0 Å². The van der Waals surface area contributed by atoms with Gasteiger partial charge >= 0.3 is 0 Å². The minimum absolute atomic E-state index is 0.129. The van der Waals surface area contributed by atoms with Crippen LogP contribution in [-0.4, -0.2) is 29.0 Å². The lowest BCUT2D eigenvalue weighted by molar-refractivity contribution is -0.0225. The molecule has 3 nitrogen and oxygen atoms in total. The smallest absolute Gasteiger partial charge is 0.107 e. The Morgan fingerprint density at radius 2 is 2.11 bits per heavy atom. The molecule has 0 bridgehead atoms. The van der Waals surface area contributed by atoms with Crippen LogP contribution in [0.5, 0.6) is 0 Å². The second-order valence-corrected chi connectivity index (χ2v) is 5.20. The quantitative estimate of drug-likeness (QED) is 0.869. The lowest BCUT2D eigenvalue weighted by atomic mass is 9.98. The van der Waals surface area contributed by atoms with Gasteiger partial charge < -0.3 is 14.9 Å². The molecule has 3 atom stereocenters. The molecular formula is C16H18O3. The third kappa shape index (κ3) is 2.25. The number of fused-ring (bicyclic) bond motifs is 1. The first-order valence-corrected chi connectivity index (χ1v) is 6.62. The van der Waals surface area contributed by atoms with Gasteiger partial charge in [0, 0.05) is 6.42 Å². The first kappa shape index (κ1) is 12.6. The Hall–Kier alpha value is -1.42. The maximum Gasteiger partial charge on any atom is 0.107 e. The summed E-state index contributed by atoms with van der Waals surface area (Å²) in [5.41, 5.74) is 2.30. The van der Waals surface area contributed by atoms with E-state index in [-0.39, 0.29) is 12.7 Å². The molecule has 2 N–H and O–H groups in total. The van der Waals surface area contributed by atoms with Crippen LogP contribution in [0.25, 0.3) is 10.8 Å². The van der Waals surface area contributed by atoms with Crippen LogP contribution in [0.1, 0.15) is 23.7 Å². The molecule has 0 amide bonds. The first-order valence-electron chi connectivity index (χ1n) is 6.62. The topological polar surface area (TPSA) is 49.7 Å². The van der Waals surface area contributed by atoms with Gasteiger partial charge in [0.25, 0.3) is 0 Å². The molecular weight excluding hydrogens is 240 g/mol. The van der Waals surface area contributed by atoms with Gasteiger partial charge in [-0.15, -0.1) is 0 Å². The summed E-state index contributed by atoms with van der Waals surface area (Å²) in [6.07, 6.45) is -0.626. The van der Waals surface area contributed by atoms with Crippen molar-refractivity contribution in [3.05, 3.63) is 47.5 Å². The van der Waals surface area contributed by atoms with E-state index in [1.165, 1.54) is 16.3 Å². The van der Waals surface area contributed by atoms with Gasteiger partial charge in [0.15, 0.2) is 0 Å². The van der Waals surface area contributed by atoms with Crippen molar-refractivity contribution in [2.75, 3.05) is 6.61 Å². The van der Waals surface area contributed by atoms with Crippen molar-refractivity contribution < 1.29 is 14.9 Å². The minimum atomic E-state index is -0.581. The fourth-order valence-corrected chi connectivity index (χ4v) is 2.75. The molecule has 0 aliphatic carbocycles. The van der Waals surface area contributed by atoms with Crippen molar-refractivity contribution in [1.29, 1.82) is 0 Å². The highest BCUT2D eigenvalue weighted by Gasteiger charge is 2.34. The standard InChI is InChI=1S/C16H18O3/c1-10-3-2-4-11-5-6-12(7-13(10)11)15-8-14(18)16(9-17)19-15/h2-7,14-18H,8-9H2,1H3/t14-,15+,16+/m0/s1. The van der Waals surface area contributed by atoms with Gasteiger partial charge in [-0.3, -0.25) is 0 Å². The molecule has 3 rings (SSSR count). The second kappa shape index (κ2) is 4.93. The molecule has 3 heteroatoms. The van der Waals surface area contributed by atoms with Crippen molar-refractivity contribution in [1.82, 2.24) is 0 Å². The van der Waals surface area contributed by atoms with E-state index in [4.69, 9.17) is 9.84 Å². The Morgan fingerprint density at radius 1 is 1.26 bits per heavy atom. The molecule has 1 heterocycles. The van der Waals surface area contributed by atoms with Gasteiger partial charge in [-0.2, -0.15) is 0 Å². The largest absolute Gasteiger partial charge is 0.394 e. The summed E-state index contributed by atoms with van der Waals surface area (Å²) < 4.78 is 5.70. The van der Waals surface area contributed by atoms with E-state index in [1.54, 1.807) is 0 Å². The van der Waals surface area contributed by atoms with Crippen molar-refractivity contribution >= 4 is 10.8 Å². The SMILES string of the molecule is Cc1cccc2ccc([C@H]3C[C@H](O)[C@@H](CO)O3)cc12. The molecule has 19 heavy (non-hydrogen) atoms. The van der Waals surface area contributed by atoms with Crippen LogP contribution < -0.4 is 0 Å². The van der Waals surface area contributed by atoms with Crippen molar-refractivity contribution in [3.63, 3.8) is 0 Å². The van der Waals surface area contributed by atoms with Gasteiger partial charge in [0.1, 0.15) is 6.10 Å². The summed E-state index contributed by atoms with van der Waals surface area (Å²) in [7, 11) is 0. The molecule has 0 spiro atoms. The molecule has 1 aliphatic heterocycles. The third-order valence-electron chi connectivity index (χ3n) is 3.90. The molecule has 0 radical (unpaired) electrons. The summed E-state index contributed by atoms with van der Waals surface area (Å²) in [5.74, 6) is 0. The highest BCUT2D eigenvalue weighted by atomic mass is 16.5. The maximum atomic E-state index is 9.80. The number of aliphatic hydroxyl groups excluding tert-OH is 2. The molecule has 1 aliphatic rings. The van der Waals surface area contributed by atoms with Gasteiger partial charge in [-0.25, -0.2) is 0 Å². The zero-order chi connectivity index (χ0) is 13.4. The first-order chi connectivity index (χ1) is 9.19. The number of hydrogen-bond acceptors (Lipinski definition) is 3. The van der Waals surface area contributed by atoms with Crippen LogP contribution in [0.3, 0.4) is 0 Å². The van der Waals surface area contributed by atoms with Crippen LogP contribution in [0, 0.1) is 6.92 Å². The molecule has 1 fully saturated rings. The number of benzene rings is 2. The summed E-state index contributed by atoms with van der Waals surface area (Å²) in [6, 6.07) is 12.5. The number of aryl methyl sites for hydroxylation is 1. The van der Waals surface area contributed by atoms with Crippen molar-refractivity contribution in [3.8, 4) is 0 Å². The predicted octanol–water partition coefficient (Wildman–Crippen LogP) is 2.33. The van der Waals surface area contributed by atoms with Gasteiger partial charge in [-0.1, -0.05) is 30.3 Å². The van der Waals surface area contributed by atoms with Crippen molar-refractivity contribution in [2.45, 2.75) is 31.7 Å². The average Bonchev–Trinajstić information content (AvgIpc) is 2.80. The zero-order valence-corrected chi connectivity index (χ0v) is 10.9. The molecule has 0 unspecified atom stereocenters. The predicted molar refractivity (Wildman–Crippen MR) is 74.0 cm³/mol. The lowest BCUT2D eigenvalue weighted by Gasteiger charge is -2.13. The van der Waals surface area contributed by atoms with Gasteiger partial charge in [0.2, 0.25) is 0 Å². The monoisotopic (exact) mass is 258 g/mol. The van der Waals surface area contributed by atoms with E-state index < -0.39 is 12.2 Å². The lowest BCUT2D eigenvalue weighted by Crippen LogP contribution is -2.24. The van der Waals surface area contributed by atoms with E-state index in [0.717, 1.165) is 5.56 Å². The fourth-order valence-electron chi connectivity index (χ4n) is 2.75. The van der Waals surface area contributed by atoms with Gasteiger partial charge in [0.05, 0.1) is 18.8 Å². The van der Waals surface area contributed by atoms with E-state index in [9.17, 15) is 5.11 Å². The summed E-state index contributed by atoms with van der Waals surface area (Å²) in [6.45, 7) is 1.96. The molecule has 0 saturated carbocycles. The molecule has 100 valence electrons. The highest BCUT2D eigenvalue weighted by molar-refractivity contribution is 5.86. The number of ether oxygens (including phenoxy) is 1. The Labute approximate surface area is 112 Å². The normalized spacial score (nSPS) is 27.0. The highest BCUT2D eigenvalue weighted by Crippen LogP contribution is 2.34. The third-order valence-corrected chi connectivity index (χ3v) is 3.90. The maximum absolute atomic E-state index is 9.80. The fraction of sp³-hybridized carbons (Fsp3) is 0.375. The number of rotatable bonds is 2. The minimum Gasteiger partial charge on any atom is -0.394 e. The summed E-state index contributed by atoms with van der Waals surface area (Å²) >= 11 is 0. The summed E-state index contributed by atoms with van der Waals surface area (Å²) in [5, 5.41) is 21.4. The van der Waals surface area contributed by atoms with Crippen LogP contribution in [-0.2, 0) is 4.74 Å². The molecule has 1 saturated heterocycles. The van der Waals surface area contributed by atoms with Crippen LogP contribution in [0.15, 0.2) is 36.4 Å². The molecule has 0 aromatic heterocycles. The number of hydrogen-bond donors (Lipinski definition) is 2. The Bertz CT molecular complexity index is 594. The van der Waals surface area contributed by atoms with E-state index in [2.05, 4.69) is 37.3 Å².